The first-order valence-corrected chi connectivity index (χ1v) is 13.6. The minimum Gasteiger partial charge on any atom is -0.361 e. The van der Waals surface area contributed by atoms with Crippen molar-refractivity contribution in [1.29, 1.82) is 0 Å². The number of carbonyl (C=O) groups excluding carboxylic acids is 4. The number of benzene rings is 1. The summed E-state index contributed by atoms with van der Waals surface area (Å²) in [6, 6.07) is 8.57. The number of nitrogens with zero attached hydrogens (tertiary/aromatic N) is 1. The van der Waals surface area contributed by atoms with Crippen LogP contribution in [-0.2, 0) is 30.3 Å². The zero-order chi connectivity index (χ0) is 27.2. The third kappa shape index (κ3) is 8.20. The normalized spacial score (nSPS) is 22.7. The van der Waals surface area contributed by atoms with Gasteiger partial charge in [0.15, 0.2) is 11.6 Å². The summed E-state index contributed by atoms with van der Waals surface area (Å²) in [6.45, 7) is 10.8. The van der Waals surface area contributed by atoms with Crippen molar-refractivity contribution in [3.05, 3.63) is 35.9 Å². The molecule has 0 saturated carbocycles. The molecule has 1 aromatic rings. The van der Waals surface area contributed by atoms with Crippen molar-refractivity contribution < 1.29 is 23.9 Å². The summed E-state index contributed by atoms with van der Waals surface area (Å²) in [7, 11) is 0. The van der Waals surface area contributed by atoms with E-state index in [4.69, 9.17) is 4.74 Å². The van der Waals surface area contributed by atoms with Crippen LogP contribution in [0.15, 0.2) is 30.3 Å². The van der Waals surface area contributed by atoms with Gasteiger partial charge in [-0.15, -0.1) is 0 Å². The average Bonchev–Trinajstić information content (AvgIpc) is 3.40. The van der Waals surface area contributed by atoms with Crippen LogP contribution in [0.5, 0.6) is 0 Å². The SMILES string of the molecule is CC(C)C[C@H](NC(=O)[C@@H](CC(=O)[C@@H]1CCCN1C(=O)CNC(C)C)Cc1ccccc1)C(=O)[C@@]1(C)CO1. The minimum absolute atomic E-state index is 0.0170. The Bertz CT molecular complexity index is 958. The van der Waals surface area contributed by atoms with Gasteiger partial charge in [0.2, 0.25) is 11.8 Å². The molecule has 2 saturated heterocycles. The predicted octanol–water partition coefficient (Wildman–Crippen LogP) is 2.68. The van der Waals surface area contributed by atoms with Gasteiger partial charge in [-0.2, -0.15) is 0 Å². The van der Waals surface area contributed by atoms with Crippen molar-refractivity contribution in [1.82, 2.24) is 15.5 Å². The molecule has 0 aliphatic carbocycles. The third-order valence-corrected chi connectivity index (χ3v) is 7.19. The second kappa shape index (κ2) is 12.8. The van der Waals surface area contributed by atoms with Crippen molar-refractivity contribution in [2.45, 2.75) is 90.4 Å². The van der Waals surface area contributed by atoms with Crippen LogP contribution in [0.3, 0.4) is 0 Å². The highest BCUT2D eigenvalue weighted by atomic mass is 16.6. The summed E-state index contributed by atoms with van der Waals surface area (Å²) in [4.78, 5) is 54.6. The van der Waals surface area contributed by atoms with Gasteiger partial charge in [0.05, 0.1) is 25.2 Å². The molecule has 8 heteroatoms. The van der Waals surface area contributed by atoms with Crippen LogP contribution in [0.25, 0.3) is 0 Å². The van der Waals surface area contributed by atoms with Gasteiger partial charge in [-0.3, -0.25) is 19.2 Å². The Hall–Kier alpha value is -2.58. The molecule has 0 aromatic heterocycles. The molecule has 2 fully saturated rings. The van der Waals surface area contributed by atoms with E-state index >= 15 is 0 Å². The smallest absolute Gasteiger partial charge is 0.237 e. The first kappa shape index (κ1) is 29.0. The summed E-state index contributed by atoms with van der Waals surface area (Å²) < 4.78 is 5.36. The maximum absolute atomic E-state index is 13.6. The summed E-state index contributed by atoms with van der Waals surface area (Å²) in [5, 5.41) is 6.10. The molecule has 2 N–H and O–H groups in total. The van der Waals surface area contributed by atoms with Gasteiger partial charge >= 0.3 is 0 Å². The molecule has 2 heterocycles. The van der Waals surface area contributed by atoms with E-state index in [1.807, 2.05) is 58.0 Å². The largest absolute Gasteiger partial charge is 0.361 e. The molecule has 0 bridgehead atoms. The zero-order valence-corrected chi connectivity index (χ0v) is 22.9. The van der Waals surface area contributed by atoms with E-state index in [0.29, 0.717) is 32.4 Å². The molecule has 3 rings (SSSR count). The summed E-state index contributed by atoms with van der Waals surface area (Å²) in [5.41, 5.74) is 0.104. The first-order chi connectivity index (χ1) is 17.5. The maximum Gasteiger partial charge on any atom is 0.237 e. The number of ketones is 2. The third-order valence-electron chi connectivity index (χ3n) is 7.19. The van der Waals surface area contributed by atoms with Crippen molar-refractivity contribution >= 4 is 23.4 Å². The Balaban J connectivity index is 1.74. The monoisotopic (exact) mass is 513 g/mol. The number of hydrogen-bond acceptors (Lipinski definition) is 6. The van der Waals surface area contributed by atoms with Gasteiger partial charge < -0.3 is 20.3 Å². The first-order valence-electron chi connectivity index (χ1n) is 13.6. The van der Waals surface area contributed by atoms with Crippen LogP contribution >= 0.6 is 0 Å². The lowest BCUT2D eigenvalue weighted by Gasteiger charge is -2.27. The fourth-order valence-electron chi connectivity index (χ4n) is 4.94. The number of Topliss-reactive ketones (excluding diaryl/α,β-unsaturated/α-hetero) is 2. The number of hydrogen-bond donors (Lipinski definition) is 2. The van der Waals surface area contributed by atoms with Crippen LogP contribution in [0.1, 0.15) is 65.9 Å². The fraction of sp³-hybridized carbons (Fsp3) is 0.655. The summed E-state index contributed by atoms with van der Waals surface area (Å²) in [6.07, 6.45) is 2.27. The minimum atomic E-state index is -0.841. The number of ether oxygens (including phenoxy) is 1. The van der Waals surface area contributed by atoms with Crippen LogP contribution < -0.4 is 10.6 Å². The Labute approximate surface area is 220 Å². The molecule has 0 unspecified atom stereocenters. The van der Waals surface area contributed by atoms with Crippen molar-refractivity contribution in [2.24, 2.45) is 11.8 Å². The highest BCUT2D eigenvalue weighted by Gasteiger charge is 2.50. The van der Waals surface area contributed by atoms with Gasteiger partial charge in [-0.1, -0.05) is 58.0 Å². The van der Waals surface area contributed by atoms with Crippen molar-refractivity contribution in [3.63, 3.8) is 0 Å². The highest BCUT2D eigenvalue weighted by Crippen LogP contribution is 2.30. The molecule has 4 atom stereocenters. The number of epoxide rings is 1. The van der Waals surface area contributed by atoms with Crippen LogP contribution in [0, 0.1) is 11.8 Å². The predicted molar refractivity (Wildman–Crippen MR) is 142 cm³/mol. The molecule has 0 spiro atoms. The van der Waals surface area contributed by atoms with Gasteiger partial charge in [-0.05, 0) is 44.1 Å². The number of rotatable bonds is 14. The van der Waals surface area contributed by atoms with Gasteiger partial charge in [0.1, 0.15) is 5.60 Å². The Morgan fingerprint density at radius 3 is 2.38 bits per heavy atom. The highest BCUT2D eigenvalue weighted by molar-refractivity contribution is 5.98. The lowest BCUT2D eigenvalue weighted by Crippen LogP contribution is -2.50. The van der Waals surface area contributed by atoms with Crippen molar-refractivity contribution in [2.75, 3.05) is 19.7 Å². The zero-order valence-electron chi connectivity index (χ0n) is 22.9. The lowest BCUT2D eigenvalue weighted by molar-refractivity contribution is -0.138. The second-order valence-corrected chi connectivity index (χ2v) is 11.4. The van der Waals surface area contributed by atoms with Gasteiger partial charge in [0.25, 0.3) is 0 Å². The lowest BCUT2D eigenvalue weighted by atomic mass is 9.89. The number of carbonyl (C=O) groups is 4. The Morgan fingerprint density at radius 1 is 1.11 bits per heavy atom. The second-order valence-electron chi connectivity index (χ2n) is 11.4. The fourth-order valence-corrected chi connectivity index (χ4v) is 4.94. The molecular weight excluding hydrogens is 470 g/mol. The Kier molecular flexibility index (Phi) is 10.0. The van der Waals surface area contributed by atoms with E-state index in [1.165, 1.54) is 0 Å². The van der Waals surface area contributed by atoms with Crippen LogP contribution in [0.2, 0.25) is 0 Å². The quantitative estimate of drug-likeness (QED) is 0.371. The number of likely N-dealkylation sites (tertiary alicyclic amines) is 1. The van der Waals surface area contributed by atoms with E-state index in [-0.39, 0.29) is 48.3 Å². The summed E-state index contributed by atoms with van der Waals surface area (Å²) >= 11 is 0. The average molecular weight is 514 g/mol. The molecule has 1 aromatic carbocycles. The molecule has 204 valence electrons. The van der Waals surface area contributed by atoms with E-state index in [1.54, 1.807) is 11.8 Å². The van der Waals surface area contributed by atoms with Gasteiger partial charge in [-0.25, -0.2) is 0 Å². The van der Waals surface area contributed by atoms with E-state index in [2.05, 4.69) is 10.6 Å². The van der Waals surface area contributed by atoms with E-state index in [9.17, 15) is 19.2 Å². The van der Waals surface area contributed by atoms with Crippen LogP contribution in [-0.4, -0.2) is 71.7 Å². The molecule has 2 aliphatic heterocycles. The van der Waals surface area contributed by atoms with Gasteiger partial charge in [0, 0.05) is 24.9 Å². The molecule has 2 amide bonds. The van der Waals surface area contributed by atoms with E-state index < -0.39 is 23.6 Å². The Morgan fingerprint density at radius 2 is 1.78 bits per heavy atom. The maximum atomic E-state index is 13.6. The number of amides is 2. The molecular formula is C29H43N3O5. The standard InChI is InChI=1S/C29H43N3O5/c1-19(2)14-23(27(35)29(5)18-37-29)31-28(36)22(15-21-10-7-6-8-11-21)16-25(33)24-12-9-13-32(24)26(34)17-30-20(3)4/h6-8,10-11,19-20,22-24,30H,9,12-18H2,1-5H3,(H,31,36)/t22-,23+,24+,29-/m1/s1. The molecule has 37 heavy (non-hydrogen) atoms. The number of nitrogens with one attached hydrogen (secondary N) is 2. The molecule has 2 aliphatic rings. The molecule has 8 nitrogen and oxygen atoms in total. The topological polar surface area (TPSA) is 108 Å². The van der Waals surface area contributed by atoms with Crippen LogP contribution in [0.4, 0.5) is 0 Å². The molecule has 0 radical (unpaired) electrons. The van der Waals surface area contributed by atoms with E-state index in [0.717, 1.165) is 12.0 Å². The summed E-state index contributed by atoms with van der Waals surface area (Å²) in [5.74, 6) is -1.06. The van der Waals surface area contributed by atoms with Crippen molar-refractivity contribution in [3.8, 4) is 0 Å².